The van der Waals surface area contributed by atoms with Gasteiger partial charge in [0.1, 0.15) is 5.56 Å². The molecule has 4 rings (SSSR count). The van der Waals surface area contributed by atoms with E-state index in [-0.39, 0.29) is 27.4 Å². The van der Waals surface area contributed by atoms with Gasteiger partial charge in [-0.25, -0.2) is 5.01 Å². The number of fused-ring (bicyclic) bond motifs is 1. The first-order valence-electron chi connectivity index (χ1n) is 10.1. The van der Waals surface area contributed by atoms with Crippen LogP contribution in [0.1, 0.15) is 28.8 Å². The number of imide groups is 1. The van der Waals surface area contributed by atoms with Crippen LogP contribution < -0.4 is 0 Å². The number of nitro groups is 1. The van der Waals surface area contributed by atoms with Crippen molar-refractivity contribution in [1.82, 2.24) is 10.0 Å². The van der Waals surface area contributed by atoms with E-state index in [0.29, 0.717) is 18.4 Å². The molecule has 3 amide bonds. The second kappa shape index (κ2) is 9.63. The number of rotatable bonds is 5. The lowest BCUT2D eigenvalue weighted by molar-refractivity contribution is -0.385. The highest BCUT2D eigenvalue weighted by atomic mass is 79.9. The van der Waals surface area contributed by atoms with Gasteiger partial charge >= 0.3 is 0 Å². The topological polar surface area (TPSA) is 101 Å². The zero-order valence-electron chi connectivity index (χ0n) is 17.1. The lowest BCUT2D eigenvalue weighted by atomic mass is 9.81. The summed E-state index contributed by atoms with van der Waals surface area (Å²) in [5.41, 5.74) is 0.0880. The molecule has 4 atom stereocenters. The van der Waals surface area contributed by atoms with Crippen molar-refractivity contribution in [3.63, 3.8) is 0 Å². The van der Waals surface area contributed by atoms with E-state index in [4.69, 9.17) is 0 Å². The van der Waals surface area contributed by atoms with Gasteiger partial charge in [0, 0.05) is 20.2 Å². The average molecular weight is 644 g/mol. The molecule has 172 valence electrons. The van der Waals surface area contributed by atoms with Crippen LogP contribution in [0.25, 0.3) is 0 Å². The molecule has 0 N–H and O–H groups in total. The molecule has 0 spiro atoms. The summed E-state index contributed by atoms with van der Waals surface area (Å²) in [7, 11) is 0. The van der Waals surface area contributed by atoms with Crippen LogP contribution >= 0.6 is 47.8 Å². The quantitative estimate of drug-likeness (QED) is 0.201. The fourth-order valence-corrected chi connectivity index (χ4v) is 5.77. The average Bonchev–Trinajstić information content (AvgIpc) is 3.02. The Hall–Kier alpha value is -2.11. The van der Waals surface area contributed by atoms with Crippen LogP contribution in [0, 0.1) is 22.0 Å². The van der Waals surface area contributed by atoms with Crippen molar-refractivity contribution >= 4 is 71.2 Å². The van der Waals surface area contributed by atoms with E-state index in [1.165, 1.54) is 24.3 Å². The van der Waals surface area contributed by atoms with Gasteiger partial charge in [-0.05, 0) is 36.6 Å². The third-order valence-corrected chi connectivity index (χ3v) is 9.20. The number of carbonyl (C=O) groups excluding carboxylic acids is 3. The third-order valence-electron chi connectivity index (χ3n) is 5.94. The fraction of sp³-hybridized carbons (Fsp3) is 0.318. The maximum Gasteiger partial charge on any atom is 0.282 e. The zero-order chi connectivity index (χ0) is 23.9. The van der Waals surface area contributed by atoms with Crippen molar-refractivity contribution in [1.29, 1.82) is 0 Å². The van der Waals surface area contributed by atoms with Crippen molar-refractivity contribution < 1.29 is 19.3 Å². The molecule has 2 aromatic carbocycles. The van der Waals surface area contributed by atoms with E-state index in [0.717, 1.165) is 14.5 Å². The van der Waals surface area contributed by atoms with Gasteiger partial charge in [0.25, 0.3) is 23.4 Å². The van der Waals surface area contributed by atoms with E-state index >= 15 is 0 Å². The minimum Gasteiger partial charge on any atom is -0.272 e. The van der Waals surface area contributed by atoms with E-state index in [1.54, 1.807) is 24.3 Å². The monoisotopic (exact) mass is 641 g/mol. The van der Waals surface area contributed by atoms with Crippen LogP contribution in [0.4, 0.5) is 5.69 Å². The summed E-state index contributed by atoms with van der Waals surface area (Å²) in [6.07, 6.45) is 0.904. The molecular formula is C22H18Br3N3O5. The van der Waals surface area contributed by atoms with Crippen LogP contribution in [-0.4, -0.2) is 42.3 Å². The summed E-state index contributed by atoms with van der Waals surface area (Å²) in [6.45, 7) is -0.0927. The number of para-hydroxylation sites is 1. The molecule has 2 aliphatic rings. The van der Waals surface area contributed by atoms with Crippen molar-refractivity contribution in [2.75, 3.05) is 0 Å². The summed E-state index contributed by atoms with van der Waals surface area (Å²) in [6, 6.07) is 12.6. The maximum absolute atomic E-state index is 13.6. The highest BCUT2D eigenvalue weighted by molar-refractivity contribution is 9.12. The van der Waals surface area contributed by atoms with E-state index in [1.807, 2.05) is 0 Å². The number of benzene rings is 2. The van der Waals surface area contributed by atoms with Gasteiger partial charge in [-0.3, -0.25) is 24.5 Å². The number of hydrogen-bond donors (Lipinski definition) is 0. The van der Waals surface area contributed by atoms with Crippen LogP contribution in [0.2, 0.25) is 0 Å². The molecule has 33 heavy (non-hydrogen) atoms. The van der Waals surface area contributed by atoms with Crippen molar-refractivity contribution in [3.8, 4) is 0 Å². The molecule has 0 bridgehead atoms. The molecular weight excluding hydrogens is 626 g/mol. The number of halogens is 3. The largest absolute Gasteiger partial charge is 0.282 e. The molecule has 2 aromatic rings. The Labute approximate surface area is 214 Å². The number of alkyl halides is 2. The van der Waals surface area contributed by atoms with Crippen LogP contribution in [0.3, 0.4) is 0 Å². The van der Waals surface area contributed by atoms with Gasteiger partial charge < -0.3 is 0 Å². The summed E-state index contributed by atoms with van der Waals surface area (Å²) in [5.74, 6) is -2.81. The second-order valence-electron chi connectivity index (χ2n) is 7.97. The molecule has 1 aliphatic heterocycles. The smallest absolute Gasteiger partial charge is 0.272 e. The summed E-state index contributed by atoms with van der Waals surface area (Å²) >= 11 is 10.5. The first kappa shape index (κ1) is 24.0. The highest BCUT2D eigenvalue weighted by Crippen LogP contribution is 2.44. The van der Waals surface area contributed by atoms with E-state index in [9.17, 15) is 24.5 Å². The second-order valence-corrected chi connectivity index (χ2v) is 11.2. The third kappa shape index (κ3) is 4.63. The normalized spacial score (nSPS) is 24.5. The van der Waals surface area contributed by atoms with Gasteiger partial charge in [0.2, 0.25) is 0 Å². The molecule has 0 radical (unpaired) electrons. The van der Waals surface area contributed by atoms with Crippen molar-refractivity contribution in [3.05, 3.63) is 74.2 Å². The Bertz CT molecular complexity index is 1100. The number of nitro benzene ring substituents is 1. The molecule has 1 saturated carbocycles. The molecule has 11 heteroatoms. The molecule has 1 saturated heterocycles. The van der Waals surface area contributed by atoms with Crippen LogP contribution in [-0.2, 0) is 16.1 Å². The van der Waals surface area contributed by atoms with Gasteiger partial charge in [0.05, 0.1) is 23.3 Å². The number of nitrogens with zero attached hydrogens (tertiary/aromatic N) is 3. The molecule has 0 aromatic heterocycles. The van der Waals surface area contributed by atoms with Crippen LogP contribution in [0.5, 0.6) is 0 Å². The van der Waals surface area contributed by atoms with Gasteiger partial charge in [-0.1, -0.05) is 72.1 Å². The first-order valence-corrected chi connectivity index (χ1v) is 12.8. The Kier molecular flexibility index (Phi) is 7.01. The van der Waals surface area contributed by atoms with Gasteiger partial charge in [-0.15, -0.1) is 0 Å². The Morgan fingerprint density at radius 3 is 2.09 bits per heavy atom. The van der Waals surface area contributed by atoms with Crippen LogP contribution in [0.15, 0.2) is 53.0 Å². The lowest BCUT2D eigenvalue weighted by Crippen LogP contribution is -2.50. The predicted molar refractivity (Wildman–Crippen MR) is 131 cm³/mol. The SMILES string of the molecule is O=C(c1ccccc1[N+](=O)[O-])N(Cc1ccc(Br)cc1)N1C(=O)[C@@H]2C[C@H](Br)[C@@H](Br)C[C@H]2C1=O. The van der Waals surface area contributed by atoms with Crippen molar-refractivity contribution in [2.45, 2.75) is 29.0 Å². The van der Waals surface area contributed by atoms with Gasteiger partial charge in [-0.2, -0.15) is 5.01 Å². The summed E-state index contributed by atoms with van der Waals surface area (Å²) < 4.78 is 0.828. The number of carbonyl (C=O) groups is 3. The summed E-state index contributed by atoms with van der Waals surface area (Å²) in [5, 5.41) is 13.5. The molecule has 2 fully saturated rings. The number of hydrogen-bond acceptors (Lipinski definition) is 5. The molecule has 8 nitrogen and oxygen atoms in total. The Balaban J connectivity index is 1.76. The highest BCUT2D eigenvalue weighted by Gasteiger charge is 2.54. The number of amides is 3. The Morgan fingerprint density at radius 2 is 1.55 bits per heavy atom. The molecule has 0 unspecified atom stereocenters. The predicted octanol–water partition coefficient (Wildman–Crippen LogP) is 4.84. The minimum atomic E-state index is -0.781. The lowest BCUT2D eigenvalue weighted by Gasteiger charge is -2.30. The minimum absolute atomic E-state index is 0.0151. The fourth-order valence-electron chi connectivity index (χ4n) is 4.26. The molecule has 1 heterocycles. The first-order chi connectivity index (χ1) is 15.7. The molecule has 1 aliphatic carbocycles. The maximum atomic E-state index is 13.6. The zero-order valence-corrected chi connectivity index (χ0v) is 21.8. The Morgan fingerprint density at radius 1 is 1.00 bits per heavy atom. The van der Waals surface area contributed by atoms with E-state index in [2.05, 4.69) is 47.8 Å². The summed E-state index contributed by atoms with van der Waals surface area (Å²) in [4.78, 5) is 51.3. The van der Waals surface area contributed by atoms with Gasteiger partial charge in [0.15, 0.2) is 0 Å². The standard InChI is InChI=1S/C22H18Br3N3O5/c23-13-7-5-12(6-8-13)11-26(20(29)14-3-1-2-4-19(14)28(32)33)27-21(30)15-9-17(24)18(25)10-16(15)22(27)31/h1-8,15-18H,9-11H2/t15-,16-,17+,18+/m1/s1. The van der Waals surface area contributed by atoms with E-state index < -0.39 is 34.5 Å². The number of hydrazine groups is 1. The van der Waals surface area contributed by atoms with Crippen molar-refractivity contribution in [2.24, 2.45) is 11.8 Å².